The fourth-order valence-electron chi connectivity index (χ4n) is 4.82. The Kier molecular flexibility index (Phi) is 5.40. The van der Waals surface area contributed by atoms with Gasteiger partial charge in [-0.15, -0.1) is 0 Å². The number of rotatable bonds is 5. The van der Waals surface area contributed by atoms with E-state index in [0.717, 1.165) is 5.39 Å². The normalized spacial score (nSPS) is 21.4. The summed E-state index contributed by atoms with van der Waals surface area (Å²) < 4.78 is 17.8. The van der Waals surface area contributed by atoms with E-state index in [9.17, 15) is 14.4 Å². The first kappa shape index (κ1) is 22.2. The number of aromatic nitrogens is 4. The minimum atomic E-state index is -0.484. The maximum atomic E-state index is 12.8. The Balaban J connectivity index is 1.15. The largest absolute Gasteiger partial charge is 0.480 e. The van der Waals surface area contributed by atoms with Gasteiger partial charge in [0.15, 0.2) is 18.2 Å². The van der Waals surface area contributed by atoms with Gasteiger partial charge in [0.1, 0.15) is 17.6 Å². The molecular weight excluding hydrogens is 470 g/mol. The van der Waals surface area contributed by atoms with Crippen LogP contribution in [0.3, 0.4) is 0 Å². The van der Waals surface area contributed by atoms with Crippen LogP contribution in [0.5, 0.6) is 11.8 Å². The van der Waals surface area contributed by atoms with E-state index < -0.39 is 6.09 Å². The van der Waals surface area contributed by atoms with Crippen molar-refractivity contribution in [1.29, 1.82) is 0 Å². The summed E-state index contributed by atoms with van der Waals surface area (Å²) in [5.74, 6) is 0.901. The second-order valence-electron chi connectivity index (χ2n) is 8.86. The third kappa shape index (κ3) is 3.96. The van der Waals surface area contributed by atoms with E-state index in [2.05, 4.69) is 25.2 Å². The number of pyridine rings is 2. The molecule has 13 heteroatoms. The van der Waals surface area contributed by atoms with Crippen molar-refractivity contribution in [2.75, 3.05) is 50.1 Å². The zero-order chi connectivity index (χ0) is 24.8. The minimum absolute atomic E-state index is 0.0647. The molecule has 2 fully saturated rings. The molecule has 2 amide bonds. The second-order valence-corrected chi connectivity index (χ2v) is 8.86. The Morgan fingerprint density at radius 2 is 1.97 bits per heavy atom. The number of methoxy groups -OCH3 is 1. The highest BCUT2D eigenvalue weighted by atomic mass is 16.6. The van der Waals surface area contributed by atoms with Gasteiger partial charge in [0.05, 0.1) is 7.11 Å². The number of nitrogens with zero attached hydrogens (tertiary/aromatic N) is 6. The summed E-state index contributed by atoms with van der Waals surface area (Å²) in [7, 11) is 1.48. The van der Waals surface area contributed by atoms with Crippen molar-refractivity contribution in [2.24, 2.45) is 5.92 Å². The van der Waals surface area contributed by atoms with Crippen molar-refractivity contribution < 1.29 is 23.8 Å². The van der Waals surface area contributed by atoms with E-state index in [0.29, 0.717) is 49.9 Å². The van der Waals surface area contributed by atoms with E-state index in [1.165, 1.54) is 18.1 Å². The molecule has 0 aromatic carbocycles. The summed E-state index contributed by atoms with van der Waals surface area (Å²) in [4.78, 5) is 53.5. The molecule has 0 radical (unpaired) electrons. The van der Waals surface area contributed by atoms with Crippen molar-refractivity contribution in [2.45, 2.75) is 12.6 Å². The van der Waals surface area contributed by atoms with Crippen LogP contribution in [-0.4, -0.2) is 82.4 Å². The maximum absolute atomic E-state index is 12.8. The molecule has 0 spiro atoms. The van der Waals surface area contributed by atoms with Crippen molar-refractivity contribution in [3.05, 3.63) is 40.8 Å². The topological polar surface area (TPSA) is 141 Å². The molecular formula is C23H23N7O6. The van der Waals surface area contributed by atoms with Gasteiger partial charge in [0, 0.05) is 56.3 Å². The van der Waals surface area contributed by atoms with Gasteiger partial charge in [-0.3, -0.25) is 24.0 Å². The molecule has 3 aliphatic rings. The van der Waals surface area contributed by atoms with Gasteiger partial charge in [-0.2, -0.15) is 4.98 Å². The van der Waals surface area contributed by atoms with Crippen molar-refractivity contribution in [3.63, 3.8) is 0 Å². The number of carbonyl (C=O) groups excluding carboxylic acids is 2. The number of hydrogen-bond acceptors (Lipinski definition) is 10. The number of ether oxygens (including phenoxy) is 3. The lowest BCUT2D eigenvalue weighted by atomic mass is 10.0. The first-order valence-electron chi connectivity index (χ1n) is 11.5. The van der Waals surface area contributed by atoms with E-state index in [-0.39, 0.29) is 41.9 Å². The van der Waals surface area contributed by atoms with Crippen LogP contribution in [0.4, 0.5) is 16.4 Å². The van der Waals surface area contributed by atoms with Gasteiger partial charge < -0.3 is 19.5 Å². The van der Waals surface area contributed by atoms with Gasteiger partial charge in [0.25, 0.3) is 11.5 Å². The molecule has 0 unspecified atom stereocenters. The van der Waals surface area contributed by atoms with Gasteiger partial charge in [-0.1, -0.05) is 0 Å². The molecule has 1 N–H and O–H groups in total. The van der Waals surface area contributed by atoms with E-state index in [1.54, 1.807) is 29.0 Å². The predicted molar refractivity (Wildman–Crippen MR) is 126 cm³/mol. The quantitative estimate of drug-likeness (QED) is 0.534. The Morgan fingerprint density at radius 1 is 1.08 bits per heavy atom. The average Bonchev–Trinajstić information content (AvgIpc) is 3.28. The fraction of sp³-hybridized carbons (Fsp3) is 0.391. The van der Waals surface area contributed by atoms with Crippen LogP contribution in [0.15, 0.2) is 35.3 Å². The zero-order valence-electron chi connectivity index (χ0n) is 19.4. The molecule has 3 aromatic rings. The molecule has 3 aromatic heterocycles. The van der Waals surface area contributed by atoms with E-state index in [1.807, 2.05) is 0 Å². The van der Waals surface area contributed by atoms with Crippen molar-refractivity contribution in [3.8, 4) is 11.8 Å². The molecule has 2 atom stereocenters. The summed E-state index contributed by atoms with van der Waals surface area (Å²) >= 11 is 0. The Morgan fingerprint density at radius 3 is 2.83 bits per heavy atom. The molecule has 0 saturated carbocycles. The van der Waals surface area contributed by atoms with Crippen LogP contribution in [0.2, 0.25) is 0 Å². The van der Waals surface area contributed by atoms with Crippen LogP contribution in [0.25, 0.3) is 11.0 Å². The first-order chi connectivity index (χ1) is 17.5. The smallest absolute Gasteiger partial charge is 0.415 e. The van der Waals surface area contributed by atoms with Crippen LogP contribution >= 0.6 is 0 Å². The molecule has 36 heavy (non-hydrogen) atoms. The van der Waals surface area contributed by atoms with Crippen LogP contribution in [-0.2, 0) is 16.1 Å². The van der Waals surface area contributed by atoms with Gasteiger partial charge in [-0.25, -0.2) is 14.8 Å². The predicted octanol–water partition coefficient (Wildman–Crippen LogP) is 0.483. The Bertz CT molecular complexity index is 1430. The molecule has 2 saturated heterocycles. The van der Waals surface area contributed by atoms with Crippen molar-refractivity contribution in [1.82, 2.24) is 24.4 Å². The number of hydrogen-bond donors (Lipinski definition) is 1. The van der Waals surface area contributed by atoms with Gasteiger partial charge >= 0.3 is 12.1 Å². The highest BCUT2D eigenvalue weighted by Gasteiger charge is 2.43. The molecule has 0 aliphatic carbocycles. The molecule has 186 valence electrons. The molecule has 3 aliphatic heterocycles. The molecule has 13 nitrogen and oxygen atoms in total. The number of carbonyl (C=O) groups is 2. The number of amides is 2. The monoisotopic (exact) mass is 493 g/mol. The lowest BCUT2D eigenvalue weighted by Crippen LogP contribution is -2.48. The first-order valence-corrected chi connectivity index (χ1v) is 11.5. The average molecular weight is 493 g/mol. The number of fused-ring (bicyclic) bond motifs is 3. The summed E-state index contributed by atoms with van der Waals surface area (Å²) in [5.41, 5.74) is 0.352. The van der Waals surface area contributed by atoms with Crippen LogP contribution < -0.4 is 25.2 Å². The van der Waals surface area contributed by atoms with Gasteiger partial charge in [-0.05, 0) is 18.2 Å². The molecule has 6 heterocycles. The van der Waals surface area contributed by atoms with Crippen molar-refractivity contribution >= 4 is 34.7 Å². The molecule has 0 bridgehead atoms. The standard InChI is InChI=1S/C23H23N7O6/c1-34-22-24-8-13-2-5-19(32)29(21(13)27-22)7-6-28-9-14-10-30(23(33)36-16(14)11-28)17-4-3-15-20(25-17)26-18(31)12-35-15/h2-5,8,14,16H,6-7,9-12H2,1H3,(H,25,26,31)/t14-,16+/m0/s1. The number of likely N-dealkylation sites (tertiary alicyclic amines) is 1. The summed E-state index contributed by atoms with van der Waals surface area (Å²) in [5, 5.41) is 3.40. The second kappa shape index (κ2) is 8.75. The minimum Gasteiger partial charge on any atom is -0.480 e. The highest BCUT2D eigenvalue weighted by Crippen LogP contribution is 2.32. The lowest BCUT2D eigenvalue weighted by molar-refractivity contribution is -0.118. The van der Waals surface area contributed by atoms with Crippen LogP contribution in [0, 0.1) is 5.92 Å². The van der Waals surface area contributed by atoms with Gasteiger partial charge in [0.2, 0.25) is 0 Å². The Labute approximate surface area is 204 Å². The summed E-state index contributed by atoms with van der Waals surface area (Å²) in [6, 6.07) is 6.74. The Hall–Kier alpha value is -4.26. The maximum Gasteiger partial charge on any atom is 0.415 e. The fourth-order valence-corrected chi connectivity index (χ4v) is 4.82. The third-order valence-corrected chi connectivity index (χ3v) is 6.61. The van der Waals surface area contributed by atoms with E-state index >= 15 is 0 Å². The zero-order valence-corrected chi connectivity index (χ0v) is 19.4. The highest BCUT2D eigenvalue weighted by molar-refractivity contribution is 5.95. The van der Waals surface area contributed by atoms with Crippen LogP contribution in [0.1, 0.15) is 0 Å². The molecule has 6 rings (SSSR count). The van der Waals surface area contributed by atoms with E-state index in [4.69, 9.17) is 14.2 Å². The third-order valence-electron chi connectivity index (χ3n) is 6.61. The SMILES string of the molecule is COc1ncc2ccc(=O)n(CCN3C[C@H]4CN(c5ccc6c(n5)NC(=O)CO6)C(=O)O[C@@H]4C3)c2n1. The lowest BCUT2D eigenvalue weighted by Gasteiger charge is -2.33. The number of anilines is 2. The number of nitrogens with one attached hydrogen (secondary N) is 1. The summed E-state index contributed by atoms with van der Waals surface area (Å²) in [6.45, 7) is 2.63. The summed E-state index contributed by atoms with van der Waals surface area (Å²) in [6.07, 6.45) is 0.894.